The van der Waals surface area contributed by atoms with Crippen molar-refractivity contribution in [1.29, 1.82) is 0 Å². The van der Waals surface area contributed by atoms with Gasteiger partial charge < -0.3 is 19.5 Å². The van der Waals surface area contributed by atoms with Crippen molar-refractivity contribution in [3.8, 4) is 11.5 Å². The van der Waals surface area contributed by atoms with Gasteiger partial charge >= 0.3 is 5.97 Å². The number of nitrogens with one attached hydrogen (secondary N) is 1. The van der Waals surface area contributed by atoms with Gasteiger partial charge in [-0.1, -0.05) is 32.0 Å². The Morgan fingerprint density at radius 3 is 2.47 bits per heavy atom. The smallest absolute Gasteiger partial charge is 0.336 e. The molecule has 7 heteroatoms. The van der Waals surface area contributed by atoms with E-state index in [4.69, 9.17) is 14.2 Å². The summed E-state index contributed by atoms with van der Waals surface area (Å²) in [7, 11) is 3.16. The molecule has 2 aromatic carbocycles. The number of methoxy groups -OCH3 is 2. The minimum Gasteiger partial charge on any atom is -0.493 e. The van der Waals surface area contributed by atoms with Gasteiger partial charge in [0.15, 0.2) is 17.3 Å². The molecule has 1 heterocycles. The summed E-state index contributed by atoms with van der Waals surface area (Å²) < 4.78 is 30.6. The third-order valence-electron chi connectivity index (χ3n) is 6.66. The first-order valence-electron chi connectivity index (χ1n) is 12.1. The van der Waals surface area contributed by atoms with Crippen LogP contribution in [0.25, 0.3) is 0 Å². The molecule has 2 aliphatic rings. The van der Waals surface area contributed by atoms with Crippen LogP contribution >= 0.6 is 0 Å². The zero-order chi connectivity index (χ0) is 26.0. The summed E-state index contributed by atoms with van der Waals surface area (Å²) >= 11 is 0. The molecule has 190 valence electrons. The summed E-state index contributed by atoms with van der Waals surface area (Å²) in [5.41, 5.74) is 3.71. The van der Waals surface area contributed by atoms with Gasteiger partial charge in [-0.25, -0.2) is 9.18 Å². The maximum absolute atomic E-state index is 14.3. The lowest BCUT2D eigenvalue weighted by Gasteiger charge is -2.36. The number of esters is 1. The van der Waals surface area contributed by atoms with Gasteiger partial charge in [0.05, 0.1) is 26.4 Å². The van der Waals surface area contributed by atoms with E-state index in [-0.39, 0.29) is 30.6 Å². The van der Waals surface area contributed by atoms with Crippen LogP contribution in [0.1, 0.15) is 56.6 Å². The first-order chi connectivity index (χ1) is 17.2. The number of benzene rings is 2. The Morgan fingerprint density at radius 2 is 1.81 bits per heavy atom. The molecule has 2 aromatic rings. The maximum atomic E-state index is 14.3. The van der Waals surface area contributed by atoms with Crippen molar-refractivity contribution < 1.29 is 28.2 Å². The van der Waals surface area contributed by atoms with Crippen LogP contribution < -0.4 is 14.8 Å². The fourth-order valence-electron chi connectivity index (χ4n) is 4.99. The minimum absolute atomic E-state index is 0.0838. The molecule has 36 heavy (non-hydrogen) atoms. The van der Waals surface area contributed by atoms with Gasteiger partial charge in [0, 0.05) is 29.3 Å². The zero-order valence-electron chi connectivity index (χ0n) is 21.3. The highest BCUT2D eigenvalue weighted by molar-refractivity contribution is 6.04. The number of hydrogen-bond donors (Lipinski definition) is 1. The van der Waals surface area contributed by atoms with E-state index in [0.717, 1.165) is 11.3 Å². The molecule has 0 saturated heterocycles. The number of dihydropyridines is 1. The highest BCUT2D eigenvalue weighted by atomic mass is 19.1. The number of Topliss-reactive ketones (excluding diaryl/α,β-unsaturated/α-hetero) is 1. The molecular formula is C29H32FNO5. The summed E-state index contributed by atoms with van der Waals surface area (Å²) in [4.78, 5) is 26.9. The Hall–Kier alpha value is -3.61. The molecular weight excluding hydrogens is 461 g/mol. The van der Waals surface area contributed by atoms with Crippen molar-refractivity contribution in [3.63, 3.8) is 0 Å². The molecule has 0 radical (unpaired) electrons. The third kappa shape index (κ3) is 5.01. The van der Waals surface area contributed by atoms with Crippen LogP contribution in [0.15, 0.2) is 65.0 Å². The third-order valence-corrected chi connectivity index (χ3v) is 6.66. The number of hydrogen-bond acceptors (Lipinski definition) is 6. The van der Waals surface area contributed by atoms with Crippen LogP contribution in [0.2, 0.25) is 0 Å². The van der Waals surface area contributed by atoms with E-state index in [1.54, 1.807) is 33.3 Å². The molecule has 0 unspecified atom stereocenters. The quantitative estimate of drug-likeness (QED) is 0.521. The second-order valence-corrected chi connectivity index (χ2v) is 9.68. The van der Waals surface area contributed by atoms with Gasteiger partial charge in [0.1, 0.15) is 5.82 Å². The van der Waals surface area contributed by atoms with Gasteiger partial charge in [-0.15, -0.1) is 0 Å². The predicted octanol–water partition coefficient (Wildman–Crippen LogP) is 5.40. The molecule has 0 fully saturated rings. The van der Waals surface area contributed by atoms with Gasteiger partial charge in [0.25, 0.3) is 0 Å². The largest absolute Gasteiger partial charge is 0.493 e. The second-order valence-electron chi connectivity index (χ2n) is 9.68. The van der Waals surface area contributed by atoms with E-state index in [1.165, 1.54) is 12.1 Å². The van der Waals surface area contributed by atoms with Crippen LogP contribution in [0, 0.1) is 11.7 Å². The molecule has 0 aromatic heterocycles. The van der Waals surface area contributed by atoms with Crippen LogP contribution in [-0.2, 0) is 14.3 Å². The van der Waals surface area contributed by atoms with E-state index in [9.17, 15) is 14.0 Å². The summed E-state index contributed by atoms with van der Waals surface area (Å²) in [6, 6.07) is 11.8. The lowest BCUT2D eigenvalue weighted by Crippen LogP contribution is -2.36. The zero-order valence-corrected chi connectivity index (χ0v) is 21.3. The van der Waals surface area contributed by atoms with Crippen molar-refractivity contribution in [2.24, 2.45) is 5.92 Å². The number of ether oxygens (including phenoxy) is 3. The van der Waals surface area contributed by atoms with E-state index >= 15 is 0 Å². The molecule has 1 N–H and O–H groups in total. The van der Waals surface area contributed by atoms with Gasteiger partial charge in [0.2, 0.25) is 0 Å². The van der Waals surface area contributed by atoms with Crippen molar-refractivity contribution in [3.05, 3.63) is 81.9 Å². The monoisotopic (exact) mass is 493 g/mol. The molecule has 4 rings (SSSR count). The number of rotatable bonds is 7. The fourth-order valence-corrected chi connectivity index (χ4v) is 4.99. The topological polar surface area (TPSA) is 73.9 Å². The van der Waals surface area contributed by atoms with Gasteiger partial charge in [-0.05, 0) is 60.6 Å². The molecule has 1 aliphatic carbocycles. The van der Waals surface area contributed by atoms with Crippen LogP contribution in [-0.4, -0.2) is 32.6 Å². The predicted molar refractivity (Wildman–Crippen MR) is 134 cm³/mol. The number of halogens is 1. The highest BCUT2D eigenvalue weighted by Gasteiger charge is 2.41. The van der Waals surface area contributed by atoms with E-state index in [1.807, 2.05) is 32.0 Å². The molecule has 1 aliphatic heterocycles. The lowest BCUT2D eigenvalue weighted by molar-refractivity contribution is -0.140. The molecule has 0 saturated carbocycles. The first-order valence-corrected chi connectivity index (χ1v) is 12.1. The lowest BCUT2D eigenvalue weighted by atomic mass is 9.71. The minimum atomic E-state index is -0.699. The van der Waals surface area contributed by atoms with Crippen molar-refractivity contribution in [2.45, 2.75) is 45.4 Å². The average Bonchev–Trinajstić information content (AvgIpc) is 2.85. The van der Waals surface area contributed by atoms with Crippen molar-refractivity contribution in [2.75, 3.05) is 20.8 Å². The molecule has 0 amide bonds. The van der Waals surface area contributed by atoms with Crippen molar-refractivity contribution >= 4 is 11.8 Å². The Bertz CT molecular complexity index is 1250. The average molecular weight is 494 g/mol. The van der Waals surface area contributed by atoms with E-state index in [2.05, 4.69) is 5.32 Å². The Balaban J connectivity index is 1.75. The molecule has 0 bridgehead atoms. The Kier molecular flexibility index (Phi) is 7.48. The van der Waals surface area contributed by atoms with Crippen molar-refractivity contribution in [1.82, 2.24) is 5.32 Å². The molecule has 0 spiro atoms. The number of carbonyl (C=O) groups is 2. The SMILES string of the molecule is COc1ccc([C@H]2CC(=O)C3=C(C2)NC(C)=C(C(=O)OCC(C)C)[C@H]3c2cccc(F)c2)cc1OC. The highest BCUT2D eigenvalue weighted by Crippen LogP contribution is 2.46. The maximum Gasteiger partial charge on any atom is 0.336 e. The second kappa shape index (κ2) is 10.6. The molecule has 6 nitrogen and oxygen atoms in total. The van der Waals surface area contributed by atoms with E-state index < -0.39 is 17.7 Å². The Labute approximate surface area is 211 Å². The number of allylic oxidation sites excluding steroid dienone is 3. The summed E-state index contributed by atoms with van der Waals surface area (Å²) in [6.45, 7) is 5.97. The fraction of sp³-hybridized carbons (Fsp3) is 0.379. The summed E-state index contributed by atoms with van der Waals surface area (Å²) in [5.74, 6) is -0.408. The number of ketones is 1. The van der Waals surface area contributed by atoms with Gasteiger partial charge in [-0.3, -0.25) is 4.79 Å². The van der Waals surface area contributed by atoms with Crippen LogP contribution in [0.4, 0.5) is 4.39 Å². The van der Waals surface area contributed by atoms with Crippen LogP contribution in [0.5, 0.6) is 11.5 Å². The van der Waals surface area contributed by atoms with E-state index in [0.29, 0.717) is 40.3 Å². The molecule has 2 atom stereocenters. The standard InChI is InChI=1S/C29H32FNO5/c1-16(2)15-36-29(33)26-17(3)31-22-12-20(18-9-10-24(34-4)25(14-18)35-5)13-23(32)28(22)27(26)19-7-6-8-21(30)11-19/h6-11,14,16,20,27,31H,12-13,15H2,1-5H3/t20-,27-/m1/s1. The normalized spacial score (nSPS) is 19.7. The Morgan fingerprint density at radius 1 is 1.06 bits per heavy atom. The number of carbonyl (C=O) groups excluding carboxylic acids is 2. The van der Waals surface area contributed by atoms with Gasteiger partial charge in [-0.2, -0.15) is 0 Å². The van der Waals surface area contributed by atoms with Crippen LogP contribution in [0.3, 0.4) is 0 Å². The summed E-state index contributed by atoms with van der Waals surface area (Å²) in [5, 5.41) is 3.32. The first kappa shape index (κ1) is 25.5. The summed E-state index contributed by atoms with van der Waals surface area (Å²) in [6.07, 6.45) is 0.823.